The summed E-state index contributed by atoms with van der Waals surface area (Å²) >= 11 is 0. The second kappa shape index (κ2) is 3.12. The number of hydrogen-bond acceptors (Lipinski definition) is 3. The molecule has 0 spiro atoms. The Balaban J connectivity index is 0.000000845. The van der Waals surface area contributed by atoms with Gasteiger partial charge < -0.3 is 15.2 Å². The molecule has 0 amide bonds. The summed E-state index contributed by atoms with van der Waals surface area (Å²) in [7, 11) is 1.66. The van der Waals surface area contributed by atoms with Gasteiger partial charge in [-0.2, -0.15) is 0 Å². The van der Waals surface area contributed by atoms with Crippen molar-refractivity contribution in [3.05, 3.63) is 0 Å². The quantitative estimate of drug-likeness (QED) is 0.697. The molecule has 3 aliphatic rings. The van der Waals surface area contributed by atoms with Crippen LogP contribution in [0.25, 0.3) is 0 Å². The van der Waals surface area contributed by atoms with E-state index in [-0.39, 0.29) is 17.8 Å². The molecule has 13 heavy (non-hydrogen) atoms. The number of carbonyl (C=O) groups is 1. The predicted molar refractivity (Wildman–Crippen MR) is 49.2 cm³/mol. The molecule has 0 atom stereocenters. The normalized spacial score (nSPS) is 40.7. The largest absolute Gasteiger partial charge is 0.480 e. The third-order valence-electron chi connectivity index (χ3n) is 3.02. The molecular formula is C8H14ClNO3. The van der Waals surface area contributed by atoms with Crippen molar-refractivity contribution < 1.29 is 14.6 Å². The summed E-state index contributed by atoms with van der Waals surface area (Å²) in [6.07, 6.45) is 1.45. The van der Waals surface area contributed by atoms with E-state index in [2.05, 4.69) is 5.32 Å². The van der Waals surface area contributed by atoms with Crippen LogP contribution in [0.15, 0.2) is 0 Å². The number of hydrogen-bond donors (Lipinski definition) is 2. The summed E-state index contributed by atoms with van der Waals surface area (Å²) in [5, 5.41) is 11.9. The highest BCUT2D eigenvalue weighted by atomic mass is 35.5. The molecule has 2 aliphatic heterocycles. The van der Waals surface area contributed by atoms with Crippen LogP contribution >= 0.6 is 12.4 Å². The molecule has 0 radical (unpaired) electrons. The Hall–Kier alpha value is -0.320. The molecule has 1 aliphatic carbocycles. The van der Waals surface area contributed by atoms with Crippen LogP contribution in [0.2, 0.25) is 0 Å². The van der Waals surface area contributed by atoms with E-state index in [1.807, 2.05) is 0 Å². The first-order valence-electron chi connectivity index (χ1n) is 4.10. The van der Waals surface area contributed by atoms with Gasteiger partial charge in [-0.25, -0.2) is 0 Å². The van der Waals surface area contributed by atoms with Crippen LogP contribution < -0.4 is 5.32 Å². The lowest BCUT2D eigenvalue weighted by Crippen LogP contribution is -2.55. The van der Waals surface area contributed by atoms with Gasteiger partial charge in [-0.05, 0) is 12.8 Å². The first-order chi connectivity index (χ1) is 5.63. The minimum absolute atomic E-state index is 0. The number of carboxylic acid groups (broad SMARTS) is 1. The third kappa shape index (κ3) is 1.33. The Labute approximate surface area is 83.1 Å². The second-order valence-corrected chi connectivity index (χ2v) is 4.03. The van der Waals surface area contributed by atoms with Crippen LogP contribution in [-0.2, 0) is 9.53 Å². The van der Waals surface area contributed by atoms with Gasteiger partial charge in [-0.1, -0.05) is 0 Å². The van der Waals surface area contributed by atoms with Gasteiger partial charge in [0.05, 0.1) is 6.61 Å². The van der Waals surface area contributed by atoms with Gasteiger partial charge in [-0.3, -0.25) is 4.79 Å². The molecule has 2 bridgehead atoms. The van der Waals surface area contributed by atoms with Crippen LogP contribution in [0.1, 0.15) is 12.8 Å². The highest BCUT2D eigenvalue weighted by Crippen LogP contribution is 2.53. The summed E-state index contributed by atoms with van der Waals surface area (Å²) in [6.45, 7) is 1.46. The second-order valence-electron chi connectivity index (χ2n) is 4.03. The number of aliphatic carboxylic acids is 1. The van der Waals surface area contributed by atoms with Crippen LogP contribution in [0, 0.1) is 5.41 Å². The zero-order valence-corrected chi connectivity index (χ0v) is 8.32. The first kappa shape index (κ1) is 10.8. The van der Waals surface area contributed by atoms with E-state index < -0.39 is 11.5 Å². The molecular weight excluding hydrogens is 194 g/mol. The number of fused-ring (bicyclic) bond motifs is 1. The number of halogens is 1. The Morgan fingerprint density at radius 1 is 1.62 bits per heavy atom. The monoisotopic (exact) mass is 207 g/mol. The molecule has 4 nitrogen and oxygen atoms in total. The lowest BCUT2D eigenvalue weighted by atomic mass is 9.62. The zero-order chi connectivity index (χ0) is 8.82. The van der Waals surface area contributed by atoms with Gasteiger partial charge in [0.2, 0.25) is 0 Å². The SMILES string of the molecule is COCC12CNC(C(=O)O)(C1)C2.Cl. The number of rotatable bonds is 3. The zero-order valence-electron chi connectivity index (χ0n) is 7.50. The van der Waals surface area contributed by atoms with E-state index in [1.165, 1.54) is 0 Å². The standard InChI is InChI=1S/C8H13NO3.ClH/c1-12-5-7-2-8(3-7,6(10)11)9-4-7;/h9H,2-5H2,1H3,(H,10,11);1H. The topological polar surface area (TPSA) is 58.6 Å². The van der Waals surface area contributed by atoms with Crippen molar-refractivity contribution in [2.24, 2.45) is 5.41 Å². The van der Waals surface area contributed by atoms with Crippen molar-refractivity contribution in [3.63, 3.8) is 0 Å². The van der Waals surface area contributed by atoms with Crippen molar-refractivity contribution >= 4 is 18.4 Å². The third-order valence-corrected chi connectivity index (χ3v) is 3.02. The van der Waals surface area contributed by atoms with E-state index >= 15 is 0 Å². The van der Waals surface area contributed by atoms with Crippen molar-refractivity contribution in [2.45, 2.75) is 18.4 Å². The summed E-state index contributed by atoms with van der Waals surface area (Å²) in [5.41, 5.74) is -0.494. The smallest absolute Gasteiger partial charge is 0.323 e. The summed E-state index contributed by atoms with van der Waals surface area (Å²) < 4.78 is 5.06. The van der Waals surface area contributed by atoms with Crippen LogP contribution in [0.3, 0.4) is 0 Å². The molecule has 5 heteroatoms. The molecule has 0 aromatic heterocycles. The fourth-order valence-corrected chi connectivity index (χ4v) is 2.52. The number of nitrogens with one attached hydrogen (secondary N) is 1. The van der Waals surface area contributed by atoms with E-state index in [0.29, 0.717) is 6.61 Å². The van der Waals surface area contributed by atoms with Crippen LogP contribution in [-0.4, -0.2) is 36.9 Å². The highest BCUT2D eigenvalue weighted by molar-refractivity contribution is 5.85. The lowest BCUT2D eigenvalue weighted by molar-refractivity contribution is -0.150. The molecule has 2 heterocycles. The fraction of sp³-hybridized carbons (Fsp3) is 0.875. The maximum Gasteiger partial charge on any atom is 0.323 e. The number of ether oxygens (including phenoxy) is 1. The van der Waals surface area contributed by atoms with E-state index in [0.717, 1.165) is 19.4 Å². The van der Waals surface area contributed by atoms with E-state index in [4.69, 9.17) is 9.84 Å². The number of carboxylic acids is 1. The lowest BCUT2D eigenvalue weighted by Gasteiger charge is -2.42. The Morgan fingerprint density at radius 3 is 2.62 bits per heavy atom. The van der Waals surface area contributed by atoms with Crippen LogP contribution in [0.4, 0.5) is 0 Å². The maximum atomic E-state index is 10.8. The van der Waals surface area contributed by atoms with Gasteiger partial charge in [0.15, 0.2) is 0 Å². The molecule has 0 aromatic carbocycles. The molecule has 3 fully saturated rings. The van der Waals surface area contributed by atoms with E-state index in [1.54, 1.807) is 7.11 Å². The van der Waals surface area contributed by atoms with Crippen LogP contribution in [0.5, 0.6) is 0 Å². The Bertz CT molecular complexity index is 225. The summed E-state index contributed by atoms with van der Waals surface area (Å²) in [6, 6.07) is 0. The van der Waals surface area contributed by atoms with Crippen molar-refractivity contribution in [1.82, 2.24) is 5.32 Å². The summed E-state index contributed by atoms with van der Waals surface area (Å²) in [5.74, 6) is -0.716. The van der Waals surface area contributed by atoms with Gasteiger partial charge in [0.1, 0.15) is 5.54 Å². The molecule has 0 aromatic rings. The van der Waals surface area contributed by atoms with E-state index in [9.17, 15) is 4.79 Å². The minimum Gasteiger partial charge on any atom is -0.480 e. The molecule has 2 saturated heterocycles. The Kier molecular flexibility index (Phi) is 2.58. The van der Waals surface area contributed by atoms with Crippen molar-refractivity contribution in [3.8, 4) is 0 Å². The molecule has 1 saturated carbocycles. The van der Waals surface area contributed by atoms with Gasteiger partial charge in [0.25, 0.3) is 0 Å². The predicted octanol–water partition coefficient (Wildman–Crippen LogP) is 0.261. The van der Waals surface area contributed by atoms with Crippen molar-refractivity contribution in [2.75, 3.05) is 20.3 Å². The molecule has 0 unspecified atom stereocenters. The highest BCUT2D eigenvalue weighted by Gasteiger charge is 2.64. The maximum absolute atomic E-state index is 10.8. The Morgan fingerprint density at radius 2 is 2.23 bits per heavy atom. The molecule has 76 valence electrons. The molecule has 2 N–H and O–H groups in total. The first-order valence-corrected chi connectivity index (χ1v) is 4.10. The fourth-order valence-electron chi connectivity index (χ4n) is 2.52. The number of methoxy groups -OCH3 is 1. The van der Waals surface area contributed by atoms with Gasteiger partial charge in [0, 0.05) is 19.1 Å². The average molecular weight is 208 g/mol. The van der Waals surface area contributed by atoms with Gasteiger partial charge >= 0.3 is 5.97 Å². The van der Waals surface area contributed by atoms with Gasteiger partial charge in [-0.15, -0.1) is 12.4 Å². The average Bonchev–Trinajstić information content (AvgIpc) is 2.42. The minimum atomic E-state index is -0.716. The molecule has 3 rings (SSSR count). The summed E-state index contributed by atoms with van der Waals surface area (Å²) in [4.78, 5) is 10.8. The van der Waals surface area contributed by atoms with Crippen molar-refractivity contribution in [1.29, 1.82) is 0 Å².